The van der Waals surface area contributed by atoms with Crippen LogP contribution in [0.1, 0.15) is 15.9 Å². The molecular weight excluding hydrogens is 298 g/mol. The molecule has 1 heterocycles. The van der Waals surface area contributed by atoms with Crippen LogP contribution in [0.3, 0.4) is 0 Å². The molecule has 0 fully saturated rings. The van der Waals surface area contributed by atoms with Crippen molar-refractivity contribution in [3.05, 3.63) is 47.8 Å². The minimum Gasteiger partial charge on any atom is -0.493 e. The third-order valence-electron chi connectivity index (χ3n) is 3.01. The maximum atomic E-state index is 11.9. The van der Waals surface area contributed by atoms with Gasteiger partial charge in [0.25, 0.3) is 5.91 Å². The van der Waals surface area contributed by atoms with Crippen molar-refractivity contribution in [2.75, 3.05) is 21.3 Å². The van der Waals surface area contributed by atoms with E-state index in [0.717, 1.165) is 0 Å². The molecule has 120 valence electrons. The molecule has 1 aromatic heterocycles. The van der Waals surface area contributed by atoms with Crippen molar-refractivity contribution >= 4 is 12.1 Å². The van der Waals surface area contributed by atoms with Crippen LogP contribution < -0.4 is 19.6 Å². The molecule has 2 rings (SSSR count). The fourth-order valence-corrected chi connectivity index (χ4v) is 1.91. The van der Waals surface area contributed by atoms with Gasteiger partial charge in [-0.15, -0.1) is 0 Å². The lowest BCUT2D eigenvalue weighted by molar-refractivity contribution is 0.0955. The van der Waals surface area contributed by atoms with Crippen molar-refractivity contribution in [1.82, 2.24) is 10.4 Å². The van der Waals surface area contributed by atoms with E-state index in [1.54, 1.807) is 24.3 Å². The van der Waals surface area contributed by atoms with Crippen molar-refractivity contribution in [2.45, 2.75) is 0 Å². The average Bonchev–Trinajstić information content (AvgIpc) is 2.61. The number of methoxy groups -OCH3 is 3. The highest BCUT2D eigenvalue weighted by molar-refractivity contribution is 5.94. The average molecular weight is 315 g/mol. The number of aromatic nitrogens is 1. The molecule has 7 heteroatoms. The van der Waals surface area contributed by atoms with Crippen LogP contribution in [0.25, 0.3) is 0 Å². The Morgan fingerprint density at radius 2 is 1.70 bits per heavy atom. The third-order valence-corrected chi connectivity index (χ3v) is 3.01. The highest BCUT2D eigenvalue weighted by atomic mass is 16.5. The number of carbonyl (C=O) groups is 1. The minimum atomic E-state index is -0.323. The van der Waals surface area contributed by atoms with E-state index in [-0.39, 0.29) is 5.91 Å². The predicted octanol–water partition coefficient (Wildman–Crippen LogP) is 1.87. The lowest BCUT2D eigenvalue weighted by atomic mass is 10.2. The molecule has 0 saturated heterocycles. The van der Waals surface area contributed by atoms with Crippen LogP contribution in [0.5, 0.6) is 17.2 Å². The van der Waals surface area contributed by atoms with Gasteiger partial charge in [0.05, 0.1) is 27.5 Å². The number of ether oxygens (including phenoxy) is 3. The number of pyridine rings is 1. The van der Waals surface area contributed by atoms with Gasteiger partial charge in [-0.2, -0.15) is 5.10 Å². The maximum absolute atomic E-state index is 11.9. The first-order valence-corrected chi connectivity index (χ1v) is 6.73. The summed E-state index contributed by atoms with van der Waals surface area (Å²) in [5.74, 6) is 1.19. The van der Waals surface area contributed by atoms with Crippen molar-refractivity contribution in [3.8, 4) is 17.2 Å². The lowest BCUT2D eigenvalue weighted by Gasteiger charge is -2.12. The molecule has 2 aromatic rings. The quantitative estimate of drug-likeness (QED) is 0.650. The number of nitrogens with one attached hydrogen (secondary N) is 1. The summed E-state index contributed by atoms with van der Waals surface area (Å²) in [4.78, 5) is 15.7. The first-order valence-electron chi connectivity index (χ1n) is 6.73. The molecule has 1 amide bonds. The summed E-state index contributed by atoms with van der Waals surface area (Å²) >= 11 is 0. The van der Waals surface area contributed by atoms with Crippen LogP contribution in [0, 0.1) is 0 Å². The van der Waals surface area contributed by atoms with Crippen molar-refractivity contribution in [3.63, 3.8) is 0 Å². The smallest absolute Gasteiger partial charge is 0.271 e. The van der Waals surface area contributed by atoms with Crippen LogP contribution in [-0.4, -0.2) is 38.4 Å². The summed E-state index contributed by atoms with van der Waals surface area (Å²) in [6.45, 7) is 0. The van der Waals surface area contributed by atoms with Gasteiger partial charge in [-0.3, -0.25) is 9.78 Å². The second-order valence-electron chi connectivity index (χ2n) is 4.39. The summed E-state index contributed by atoms with van der Waals surface area (Å²) < 4.78 is 15.8. The van der Waals surface area contributed by atoms with Crippen LogP contribution in [0.4, 0.5) is 0 Å². The number of carbonyl (C=O) groups excluding carboxylic acids is 1. The van der Waals surface area contributed by atoms with Gasteiger partial charge in [-0.25, -0.2) is 5.43 Å². The molecule has 0 aliphatic heterocycles. The zero-order chi connectivity index (χ0) is 16.7. The molecule has 0 unspecified atom stereocenters. The van der Waals surface area contributed by atoms with Crippen molar-refractivity contribution < 1.29 is 19.0 Å². The molecule has 0 aliphatic carbocycles. The summed E-state index contributed by atoms with van der Waals surface area (Å²) in [5.41, 5.74) is 3.60. The first-order chi connectivity index (χ1) is 11.2. The Morgan fingerprint density at radius 1 is 1.09 bits per heavy atom. The molecule has 23 heavy (non-hydrogen) atoms. The monoisotopic (exact) mass is 315 g/mol. The van der Waals surface area contributed by atoms with Crippen LogP contribution >= 0.6 is 0 Å². The number of nitrogens with zero attached hydrogens (tertiary/aromatic N) is 2. The van der Waals surface area contributed by atoms with Crippen LogP contribution in [0.2, 0.25) is 0 Å². The SMILES string of the molecule is COc1cc(/C=N/NC(=O)c2ccncc2)cc(OC)c1OC. The summed E-state index contributed by atoms with van der Waals surface area (Å²) in [6.07, 6.45) is 4.57. The highest BCUT2D eigenvalue weighted by Gasteiger charge is 2.12. The lowest BCUT2D eigenvalue weighted by Crippen LogP contribution is -2.17. The molecule has 0 atom stereocenters. The Bertz CT molecular complexity index is 677. The van der Waals surface area contributed by atoms with E-state index >= 15 is 0 Å². The largest absolute Gasteiger partial charge is 0.493 e. The minimum absolute atomic E-state index is 0.323. The van der Waals surface area contributed by atoms with Crippen LogP contribution in [-0.2, 0) is 0 Å². The number of hydrogen-bond donors (Lipinski definition) is 1. The molecule has 0 spiro atoms. The molecule has 1 aromatic carbocycles. The molecule has 7 nitrogen and oxygen atoms in total. The van der Waals surface area contributed by atoms with Crippen LogP contribution in [0.15, 0.2) is 41.8 Å². The topological polar surface area (TPSA) is 82.0 Å². The Hall–Kier alpha value is -3.09. The standard InChI is InChI=1S/C16H17N3O4/c1-21-13-8-11(9-14(22-2)15(13)23-3)10-18-19-16(20)12-4-6-17-7-5-12/h4-10H,1-3H3,(H,19,20)/b18-10+. The summed E-state index contributed by atoms with van der Waals surface area (Å²) in [5, 5.41) is 3.93. The number of hydrogen-bond acceptors (Lipinski definition) is 6. The molecule has 0 radical (unpaired) electrons. The zero-order valence-electron chi connectivity index (χ0n) is 13.1. The summed E-state index contributed by atoms with van der Waals surface area (Å²) in [6, 6.07) is 6.65. The fourth-order valence-electron chi connectivity index (χ4n) is 1.91. The number of rotatable bonds is 6. The van der Waals surface area contributed by atoms with Gasteiger partial charge in [0.1, 0.15) is 0 Å². The second kappa shape index (κ2) is 7.79. The van der Waals surface area contributed by atoms with E-state index in [2.05, 4.69) is 15.5 Å². The number of amides is 1. The van der Waals surface area contributed by atoms with Crippen molar-refractivity contribution in [2.24, 2.45) is 5.10 Å². The maximum Gasteiger partial charge on any atom is 0.271 e. The molecule has 0 bridgehead atoms. The van der Waals surface area contributed by atoms with Gasteiger partial charge in [0.2, 0.25) is 5.75 Å². The molecular formula is C16H17N3O4. The number of hydrazone groups is 1. The second-order valence-corrected chi connectivity index (χ2v) is 4.39. The van der Waals surface area contributed by atoms with Gasteiger partial charge in [0.15, 0.2) is 11.5 Å². The zero-order valence-corrected chi connectivity index (χ0v) is 13.1. The van der Waals surface area contributed by atoms with Gasteiger partial charge < -0.3 is 14.2 Å². The van der Waals surface area contributed by atoms with E-state index in [9.17, 15) is 4.79 Å². The normalized spacial score (nSPS) is 10.4. The fraction of sp³-hybridized carbons (Fsp3) is 0.188. The molecule has 0 aliphatic rings. The molecule has 0 saturated carbocycles. The van der Waals surface area contributed by atoms with Gasteiger partial charge in [-0.05, 0) is 24.3 Å². The first kappa shape index (κ1) is 16.3. The highest BCUT2D eigenvalue weighted by Crippen LogP contribution is 2.37. The Labute approximate surface area is 133 Å². The third kappa shape index (κ3) is 3.97. The van der Waals surface area contributed by atoms with Gasteiger partial charge in [0, 0.05) is 23.5 Å². The van der Waals surface area contributed by atoms with E-state index in [4.69, 9.17) is 14.2 Å². The predicted molar refractivity (Wildman–Crippen MR) is 85.4 cm³/mol. The summed E-state index contributed by atoms with van der Waals surface area (Å²) in [7, 11) is 4.59. The van der Waals surface area contributed by atoms with Crippen molar-refractivity contribution in [1.29, 1.82) is 0 Å². The Morgan fingerprint density at radius 3 is 2.22 bits per heavy atom. The van der Waals surface area contributed by atoms with E-state index in [0.29, 0.717) is 28.4 Å². The van der Waals surface area contributed by atoms with E-state index in [1.165, 1.54) is 39.9 Å². The number of benzene rings is 1. The van der Waals surface area contributed by atoms with E-state index < -0.39 is 0 Å². The Kier molecular flexibility index (Phi) is 5.51. The molecule has 1 N–H and O–H groups in total. The van der Waals surface area contributed by atoms with Gasteiger partial charge in [-0.1, -0.05) is 0 Å². The Balaban J connectivity index is 2.15. The van der Waals surface area contributed by atoms with E-state index in [1.807, 2.05) is 0 Å². The van der Waals surface area contributed by atoms with Gasteiger partial charge >= 0.3 is 0 Å².